The molecule has 23 heavy (non-hydrogen) atoms. The van der Waals surface area contributed by atoms with Crippen molar-refractivity contribution in [2.75, 3.05) is 5.32 Å². The second kappa shape index (κ2) is 6.10. The maximum Gasteiger partial charge on any atom is 0.260 e. The molecule has 6 heteroatoms. The van der Waals surface area contributed by atoms with Gasteiger partial charge in [0.2, 0.25) is 0 Å². The summed E-state index contributed by atoms with van der Waals surface area (Å²) in [6, 6.07) is 1.97. The van der Waals surface area contributed by atoms with Crippen LogP contribution in [0.4, 0.5) is 5.82 Å². The summed E-state index contributed by atoms with van der Waals surface area (Å²) in [5, 5.41) is 10.2. The SMILES string of the molecule is O=C(Nc1cc(C2CCCCC2)[nH]n1)c1cncnc1C1CC1. The fourth-order valence-corrected chi connectivity index (χ4v) is 3.40. The summed E-state index contributed by atoms with van der Waals surface area (Å²) in [5.74, 6) is 1.37. The van der Waals surface area contributed by atoms with Crippen LogP contribution in [0, 0.1) is 0 Å². The third-order valence-electron chi connectivity index (χ3n) is 4.84. The van der Waals surface area contributed by atoms with Crippen LogP contribution in [0.2, 0.25) is 0 Å². The number of carbonyl (C=O) groups is 1. The minimum atomic E-state index is -0.172. The fourth-order valence-electron chi connectivity index (χ4n) is 3.40. The Morgan fingerprint density at radius 3 is 2.74 bits per heavy atom. The molecule has 2 N–H and O–H groups in total. The number of hydrogen-bond acceptors (Lipinski definition) is 4. The zero-order valence-electron chi connectivity index (χ0n) is 13.1. The third-order valence-corrected chi connectivity index (χ3v) is 4.84. The summed E-state index contributed by atoms with van der Waals surface area (Å²) in [5.41, 5.74) is 2.56. The van der Waals surface area contributed by atoms with E-state index in [1.54, 1.807) is 6.20 Å². The molecule has 0 spiro atoms. The van der Waals surface area contributed by atoms with Crippen molar-refractivity contribution in [2.45, 2.75) is 56.8 Å². The molecule has 0 radical (unpaired) electrons. The number of H-pyrrole nitrogens is 1. The van der Waals surface area contributed by atoms with Gasteiger partial charge in [0.05, 0.1) is 11.3 Å². The first kappa shape index (κ1) is 14.4. The van der Waals surface area contributed by atoms with E-state index in [9.17, 15) is 4.79 Å². The number of anilines is 1. The van der Waals surface area contributed by atoms with Crippen molar-refractivity contribution in [3.05, 3.63) is 35.5 Å². The lowest BCUT2D eigenvalue weighted by molar-refractivity contribution is 0.102. The van der Waals surface area contributed by atoms with Gasteiger partial charge in [-0.05, 0) is 25.7 Å². The van der Waals surface area contributed by atoms with Gasteiger partial charge >= 0.3 is 0 Å². The lowest BCUT2D eigenvalue weighted by atomic mass is 9.87. The highest BCUT2D eigenvalue weighted by atomic mass is 16.1. The monoisotopic (exact) mass is 311 g/mol. The van der Waals surface area contributed by atoms with Crippen molar-refractivity contribution < 1.29 is 4.79 Å². The van der Waals surface area contributed by atoms with Gasteiger partial charge in [-0.2, -0.15) is 5.10 Å². The Morgan fingerprint density at radius 2 is 1.96 bits per heavy atom. The van der Waals surface area contributed by atoms with Crippen LogP contribution in [0.15, 0.2) is 18.6 Å². The van der Waals surface area contributed by atoms with Crippen molar-refractivity contribution >= 4 is 11.7 Å². The van der Waals surface area contributed by atoms with E-state index >= 15 is 0 Å². The van der Waals surface area contributed by atoms with Gasteiger partial charge in [-0.3, -0.25) is 9.89 Å². The van der Waals surface area contributed by atoms with E-state index in [-0.39, 0.29) is 5.91 Å². The number of nitrogens with zero attached hydrogens (tertiary/aromatic N) is 3. The van der Waals surface area contributed by atoms with Crippen LogP contribution in [0.3, 0.4) is 0 Å². The highest BCUT2D eigenvalue weighted by Gasteiger charge is 2.30. The first-order valence-corrected chi connectivity index (χ1v) is 8.48. The number of aromatic amines is 1. The number of nitrogens with one attached hydrogen (secondary N) is 2. The Labute approximate surface area is 135 Å². The minimum absolute atomic E-state index is 0.172. The zero-order valence-corrected chi connectivity index (χ0v) is 13.1. The number of amides is 1. The highest BCUT2D eigenvalue weighted by molar-refractivity contribution is 6.04. The van der Waals surface area contributed by atoms with Gasteiger partial charge in [0.25, 0.3) is 5.91 Å². The van der Waals surface area contributed by atoms with Crippen molar-refractivity contribution in [3.63, 3.8) is 0 Å². The molecular formula is C17H21N5O. The maximum absolute atomic E-state index is 12.5. The summed E-state index contributed by atoms with van der Waals surface area (Å²) < 4.78 is 0. The van der Waals surface area contributed by atoms with Crippen LogP contribution in [0.25, 0.3) is 0 Å². The molecule has 0 saturated heterocycles. The summed E-state index contributed by atoms with van der Waals surface area (Å²) in [7, 11) is 0. The highest BCUT2D eigenvalue weighted by Crippen LogP contribution is 2.40. The van der Waals surface area contributed by atoms with Gasteiger partial charge in [0.15, 0.2) is 5.82 Å². The molecule has 2 aliphatic carbocycles. The zero-order chi connectivity index (χ0) is 15.6. The molecule has 1 amide bonds. The van der Waals surface area contributed by atoms with Gasteiger partial charge in [-0.1, -0.05) is 19.3 Å². The molecule has 0 aromatic carbocycles. The molecule has 2 heterocycles. The topological polar surface area (TPSA) is 83.6 Å². The first-order valence-electron chi connectivity index (χ1n) is 8.48. The van der Waals surface area contributed by atoms with Crippen LogP contribution in [0.5, 0.6) is 0 Å². The van der Waals surface area contributed by atoms with Crippen molar-refractivity contribution in [2.24, 2.45) is 0 Å². The normalized spacial score (nSPS) is 18.8. The van der Waals surface area contributed by atoms with Crippen LogP contribution in [0.1, 0.15) is 78.5 Å². The van der Waals surface area contributed by atoms with Crippen LogP contribution in [-0.4, -0.2) is 26.1 Å². The Kier molecular flexibility index (Phi) is 3.81. The van der Waals surface area contributed by atoms with Crippen LogP contribution in [-0.2, 0) is 0 Å². The molecule has 2 aliphatic rings. The number of aromatic nitrogens is 4. The minimum Gasteiger partial charge on any atom is -0.305 e. The van der Waals surface area contributed by atoms with E-state index in [1.807, 2.05) is 6.07 Å². The Balaban J connectivity index is 1.48. The molecule has 0 aliphatic heterocycles. The summed E-state index contributed by atoms with van der Waals surface area (Å²) in [4.78, 5) is 20.8. The second-order valence-electron chi connectivity index (χ2n) is 6.59. The average molecular weight is 311 g/mol. The third kappa shape index (κ3) is 3.11. The Morgan fingerprint density at radius 1 is 1.13 bits per heavy atom. The van der Waals surface area contributed by atoms with E-state index in [1.165, 1.54) is 38.4 Å². The summed E-state index contributed by atoms with van der Waals surface area (Å²) in [6.07, 6.45) is 11.6. The van der Waals surface area contributed by atoms with E-state index < -0.39 is 0 Å². The molecule has 120 valence electrons. The molecule has 0 atom stereocenters. The number of hydrogen-bond donors (Lipinski definition) is 2. The van der Waals surface area contributed by atoms with Crippen molar-refractivity contribution in [1.29, 1.82) is 0 Å². The molecular weight excluding hydrogens is 290 g/mol. The Hall–Kier alpha value is -2.24. The summed E-state index contributed by atoms with van der Waals surface area (Å²) in [6.45, 7) is 0. The lowest BCUT2D eigenvalue weighted by Gasteiger charge is -2.19. The van der Waals surface area contributed by atoms with E-state index in [4.69, 9.17) is 0 Å². The van der Waals surface area contributed by atoms with Crippen LogP contribution >= 0.6 is 0 Å². The Bertz CT molecular complexity index is 701. The molecule has 0 unspecified atom stereocenters. The van der Waals surface area contributed by atoms with E-state index in [2.05, 4.69) is 25.5 Å². The molecule has 2 fully saturated rings. The van der Waals surface area contributed by atoms with Gasteiger partial charge in [0, 0.05) is 29.8 Å². The number of carbonyl (C=O) groups excluding carboxylic acids is 1. The molecule has 2 aromatic rings. The predicted molar refractivity (Wildman–Crippen MR) is 86.4 cm³/mol. The molecule has 6 nitrogen and oxygen atoms in total. The predicted octanol–water partition coefficient (Wildman–Crippen LogP) is 3.38. The smallest absolute Gasteiger partial charge is 0.260 e. The number of rotatable bonds is 4. The molecule has 2 aromatic heterocycles. The van der Waals surface area contributed by atoms with E-state index in [0.717, 1.165) is 24.2 Å². The molecule has 0 bridgehead atoms. The van der Waals surface area contributed by atoms with Gasteiger partial charge < -0.3 is 5.32 Å². The van der Waals surface area contributed by atoms with Gasteiger partial charge in [-0.15, -0.1) is 0 Å². The molecule has 2 saturated carbocycles. The fraction of sp³-hybridized carbons (Fsp3) is 0.529. The quantitative estimate of drug-likeness (QED) is 0.906. The largest absolute Gasteiger partial charge is 0.305 e. The molecule has 4 rings (SSSR count). The average Bonchev–Trinajstić information content (AvgIpc) is 3.35. The van der Waals surface area contributed by atoms with Gasteiger partial charge in [-0.25, -0.2) is 9.97 Å². The lowest BCUT2D eigenvalue weighted by Crippen LogP contribution is -2.15. The van der Waals surface area contributed by atoms with Crippen molar-refractivity contribution in [3.8, 4) is 0 Å². The standard InChI is InChI=1S/C17H21N5O/c23-17(13-9-18-10-19-16(13)12-6-7-12)20-15-8-14(21-22-15)11-4-2-1-3-5-11/h8-12H,1-7H2,(H2,20,21,22,23). The van der Waals surface area contributed by atoms with Crippen molar-refractivity contribution in [1.82, 2.24) is 20.2 Å². The van der Waals surface area contributed by atoms with Crippen LogP contribution < -0.4 is 5.32 Å². The summed E-state index contributed by atoms with van der Waals surface area (Å²) >= 11 is 0. The second-order valence-corrected chi connectivity index (χ2v) is 6.59. The van der Waals surface area contributed by atoms with E-state index in [0.29, 0.717) is 23.2 Å². The first-order chi connectivity index (χ1) is 11.3. The maximum atomic E-state index is 12.5. The van der Waals surface area contributed by atoms with Gasteiger partial charge in [0.1, 0.15) is 6.33 Å².